The lowest BCUT2D eigenvalue weighted by Crippen LogP contribution is -2.21. The van der Waals surface area contributed by atoms with Crippen molar-refractivity contribution < 1.29 is 0 Å². The van der Waals surface area contributed by atoms with Gasteiger partial charge in [0.15, 0.2) is 0 Å². The van der Waals surface area contributed by atoms with Gasteiger partial charge in [-0.1, -0.05) is 34.6 Å². The van der Waals surface area contributed by atoms with Gasteiger partial charge in [0.1, 0.15) is 0 Å². The van der Waals surface area contributed by atoms with Crippen LogP contribution in [0.1, 0.15) is 45.9 Å². The molecule has 0 radical (unpaired) electrons. The van der Waals surface area contributed by atoms with Crippen LogP contribution in [0.3, 0.4) is 0 Å². The Labute approximate surface area is 127 Å². The topological polar surface area (TPSA) is 42.7 Å². The molecule has 2 aromatic rings. The fraction of sp³-hybridized carbons (Fsp3) is 0.529. The molecule has 0 aliphatic carbocycles. The van der Waals surface area contributed by atoms with E-state index < -0.39 is 0 Å². The number of nitrogens with one attached hydrogen (secondary N) is 1. The van der Waals surface area contributed by atoms with Crippen molar-refractivity contribution in [3.63, 3.8) is 0 Å². The maximum Gasteiger partial charge on any atom is 0.0756 e. The number of rotatable bonds is 4. The van der Waals surface area contributed by atoms with Crippen LogP contribution in [0.25, 0.3) is 11.1 Å². The van der Waals surface area contributed by atoms with Crippen LogP contribution in [0.15, 0.2) is 24.7 Å². The van der Waals surface area contributed by atoms with E-state index in [0.717, 1.165) is 17.8 Å². The van der Waals surface area contributed by atoms with Crippen LogP contribution in [0.5, 0.6) is 0 Å². The van der Waals surface area contributed by atoms with Crippen molar-refractivity contribution in [3.05, 3.63) is 35.9 Å². The highest BCUT2D eigenvalue weighted by atomic mass is 15.3. The third-order valence-electron chi connectivity index (χ3n) is 3.36. The highest BCUT2D eigenvalue weighted by Crippen LogP contribution is 2.31. The Morgan fingerprint density at radius 3 is 2.57 bits per heavy atom. The summed E-state index contributed by atoms with van der Waals surface area (Å²) >= 11 is 0. The van der Waals surface area contributed by atoms with Crippen molar-refractivity contribution in [1.29, 1.82) is 0 Å². The summed E-state index contributed by atoms with van der Waals surface area (Å²) in [6.07, 6.45) is 5.92. The summed E-state index contributed by atoms with van der Waals surface area (Å²) in [6.45, 7) is 11.7. The lowest BCUT2D eigenvalue weighted by atomic mass is 9.88. The van der Waals surface area contributed by atoms with Crippen LogP contribution in [0.2, 0.25) is 0 Å². The van der Waals surface area contributed by atoms with E-state index in [1.165, 1.54) is 11.1 Å². The van der Waals surface area contributed by atoms with Crippen molar-refractivity contribution in [2.75, 3.05) is 0 Å². The van der Waals surface area contributed by atoms with Crippen molar-refractivity contribution >= 4 is 0 Å². The molecule has 4 nitrogen and oxygen atoms in total. The molecule has 0 aromatic carbocycles. The molecule has 2 heterocycles. The molecule has 0 spiro atoms. The third kappa shape index (κ3) is 3.91. The Balaban J connectivity index is 2.36. The van der Waals surface area contributed by atoms with E-state index in [4.69, 9.17) is 0 Å². The molecule has 2 aromatic heterocycles. The van der Waals surface area contributed by atoms with E-state index in [2.05, 4.69) is 62.3 Å². The van der Waals surface area contributed by atoms with Gasteiger partial charge in [-0.2, -0.15) is 5.10 Å². The minimum Gasteiger partial charge on any atom is -0.310 e. The van der Waals surface area contributed by atoms with Gasteiger partial charge in [0.2, 0.25) is 0 Å². The first kappa shape index (κ1) is 15.7. The van der Waals surface area contributed by atoms with Crippen LogP contribution in [0.4, 0.5) is 0 Å². The Morgan fingerprint density at radius 2 is 1.95 bits per heavy atom. The average molecular weight is 286 g/mol. The molecule has 2 rings (SSSR count). The van der Waals surface area contributed by atoms with E-state index in [1.807, 2.05) is 24.1 Å². The maximum absolute atomic E-state index is 4.64. The summed E-state index contributed by atoms with van der Waals surface area (Å²) in [6, 6.07) is 2.67. The lowest BCUT2D eigenvalue weighted by Gasteiger charge is -2.17. The molecule has 0 unspecified atom stereocenters. The molecule has 0 bridgehead atoms. The van der Waals surface area contributed by atoms with Crippen molar-refractivity contribution in [3.8, 4) is 11.1 Å². The third-order valence-corrected chi connectivity index (χ3v) is 3.36. The lowest BCUT2D eigenvalue weighted by molar-refractivity contribution is 0.554. The molecule has 0 saturated heterocycles. The fourth-order valence-corrected chi connectivity index (χ4v) is 2.31. The summed E-state index contributed by atoms with van der Waals surface area (Å²) in [4.78, 5) is 4.39. The van der Waals surface area contributed by atoms with E-state index in [9.17, 15) is 0 Å². The Hall–Kier alpha value is -1.68. The van der Waals surface area contributed by atoms with Gasteiger partial charge in [-0.25, -0.2) is 0 Å². The standard InChI is InChI=1S/C17H26N4/c1-12(2)19-9-13-7-14(10-18-8-13)15-11-21(6)20-16(15)17(3,4)5/h7-8,10-12,19H,9H2,1-6H3. The average Bonchev–Trinajstić information content (AvgIpc) is 2.79. The predicted molar refractivity (Wildman–Crippen MR) is 87.1 cm³/mol. The molecule has 4 heteroatoms. The minimum absolute atomic E-state index is 0.0166. The molecule has 0 saturated carbocycles. The summed E-state index contributed by atoms with van der Waals surface area (Å²) < 4.78 is 1.88. The predicted octanol–water partition coefficient (Wildman–Crippen LogP) is 3.28. The van der Waals surface area contributed by atoms with Gasteiger partial charge in [-0.05, 0) is 11.6 Å². The number of hydrogen-bond acceptors (Lipinski definition) is 3. The monoisotopic (exact) mass is 286 g/mol. The zero-order chi connectivity index (χ0) is 15.6. The number of nitrogens with zero attached hydrogens (tertiary/aromatic N) is 3. The molecule has 0 aliphatic rings. The smallest absolute Gasteiger partial charge is 0.0756 e. The van der Waals surface area contributed by atoms with Gasteiger partial charge >= 0.3 is 0 Å². The molecular formula is C17H26N4. The summed E-state index contributed by atoms with van der Waals surface area (Å²) in [5.41, 5.74) is 4.63. The van der Waals surface area contributed by atoms with Gasteiger partial charge in [0.05, 0.1) is 5.69 Å². The van der Waals surface area contributed by atoms with Gasteiger partial charge in [0.25, 0.3) is 0 Å². The van der Waals surface area contributed by atoms with Crippen LogP contribution in [0, 0.1) is 0 Å². The molecule has 1 N–H and O–H groups in total. The van der Waals surface area contributed by atoms with Gasteiger partial charge in [0, 0.05) is 54.8 Å². The first-order valence-corrected chi connectivity index (χ1v) is 7.49. The van der Waals surface area contributed by atoms with E-state index in [-0.39, 0.29) is 5.41 Å². The Bertz CT molecular complexity index is 605. The largest absolute Gasteiger partial charge is 0.310 e. The van der Waals surface area contributed by atoms with E-state index in [0.29, 0.717) is 6.04 Å². The van der Waals surface area contributed by atoms with Crippen molar-refractivity contribution in [2.24, 2.45) is 7.05 Å². The normalized spacial score (nSPS) is 12.1. The number of pyridine rings is 1. The summed E-state index contributed by atoms with van der Waals surface area (Å²) in [5, 5.41) is 8.07. The van der Waals surface area contributed by atoms with Gasteiger partial charge in [-0.3, -0.25) is 9.67 Å². The SMILES string of the molecule is CC(C)NCc1cncc(-c2cn(C)nc2C(C)(C)C)c1. The first-order valence-electron chi connectivity index (χ1n) is 7.49. The van der Waals surface area contributed by atoms with Gasteiger partial charge in [-0.15, -0.1) is 0 Å². The first-order chi connectivity index (χ1) is 9.77. The molecule has 0 amide bonds. The van der Waals surface area contributed by atoms with Crippen LogP contribution in [-0.4, -0.2) is 20.8 Å². The number of aryl methyl sites for hydroxylation is 1. The summed E-state index contributed by atoms with van der Waals surface area (Å²) in [5.74, 6) is 0. The maximum atomic E-state index is 4.64. The van der Waals surface area contributed by atoms with Crippen molar-refractivity contribution in [2.45, 2.75) is 52.6 Å². The number of hydrogen-bond donors (Lipinski definition) is 1. The van der Waals surface area contributed by atoms with Gasteiger partial charge < -0.3 is 5.32 Å². The highest BCUT2D eigenvalue weighted by Gasteiger charge is 2.22. The molecular weight excluding hydrogens is 260 g/mol. The molecule has 0 atom stereocenters. The van der Waals surface area contributed by atoms with E-state index >= 15 is 0 Å². The zero-order valence-corrected chi connectivity index (χ0v) is 13.9. The Kier molecular flexibility index (Phi) is 4.47. The highest BCUT2D eigenvalue weighted by molar-refractivity contribution is 5.66. The fourth-order valence-electron chi connectivity index (χ4n) is 2.31. The van der Waals surface area contributed by atoms with Crippen LogP contribution < -0.4 is 5.32 Å². The second-order valence-electron chi connectivity index (χ2n) is 6.93. The molecule has 0 aliphatic heterocycles. The molecule has 0 fully saturated rings. The van der Waals surface area contributed by atoms with Crippen LogP contribution >= 0.6 is 0 Å². The second kappa shape index (κ2) is 5.98. The van der Waals surface area contributed by atoms with E-state index in [1.54, 1.807) is 0 Å². The number of aromatic nitrogens is 3. The Morgan fingerprint density at radius 1 is 1.24 bits per heavy atom. The second-order valence-corrected chi connectivity index (χ2v) is 6.93. The van der Waals surface area contributed by atoms with Crippen LogP contribution in [-0.2, 0) is 19.0 Å². The summed E-state index contributed by atoms with van der Waals surface area (Å²) in [7, 11) is 1.97. The minimum atomic E-state index is 0.0166. The zero-order valence-electron chi connectivity index (χ0n) is 13.9. The molecule has 114 valence electrons. The quantitative estimate of drug-likeness (QED) is 0.938. The van der Waals surface area contributed by atoms with Crippen molar-refractivity contribution in [1.82, 2.24) is 20.1 Å². The molecule has 21 heavy (non-hydrogen) atoms.